The average Bonchev–Trinajstić information content (AvgIpc) is 2.46. The highest BCUT2D eigenvalue weighted by Crippen LogP contribution is 2.15. The van der Waals surface area contributed by atoms with Crippen LogP contribution in [0.2, 0.25) is 0 Å². The maximum absolute atomic E-state index is 4.25. The quantitative estimate of drug-likeness (QED) is 0.370. The lowest BCUT2D eigenvalue weighted by atomic mass is 10.1. The van der Waals surface area contributed by atoms with Crippen molar-refractivity contribution >= 4 is 5.84 Å². The molecule has 110 valence electrons. The Morgan fingerprint density at radius 1 is 1.15 bits per heavy atom. The van der Waals surface area contributed by atoms with E-state index in [4.69, 9.17) is 0 Å². The summed E-state index contributed by atoms with van der Waals surface area (Å²) in [6.07, 6.45) is 9.01. The van der Waals surface area contributed by atoms with Crippen molar-refractivity contribution in [3.05, 3.63) is 62.1 Å². The maximum Gasteiger partial charge on any atom is 0.139 e. The van der Waals surface area contributed by atoms with E-state index in [-0.39, 0.29) is 0 Å². The molecule has 20 heavy (non-hydrogen) atoms. The highest BCUT2D eigenvalue weighted by atomic mass is 15.1. The Balaban J connectivity index is 5.67. The number of hydrogen-bond acceptors (Lipinski definition) is 2. The first kappa shape index (κ1) is 18.0. The van der Waals surface area contributed by atoms with E-state index in [1.165, 1.54) is 6.20 Å². The predicted molar refractivity (Wildman–Crippen MR) is 90.5 cm³/mol. The second-order valence-corrected chi connectivity index (χ2v) is 4.15. The van der Waals surface area contributed by atoms with Crippen molar-refractivity contribution < 1.29 is 0 Å². The molecule has 0 rings (SSSR count). The Bertz CT molecular complexity index is 402. The van der Waals surface area contributed by atoms with E-state index in [1.54, 1.807) is 12.3 Å². The van der Waals surface area contributed by atoms with E-state index in [0.717, 1.165) is 37.2 Å². The molecule has 0 fully saturated rings. The third-order valence-corrected chi connectivity index (χ3v) is 2.89. The predicted octanol–water partition coefficient (Wildman–Crippen LogP) is 4.01. The van der Waals surface area contributed by atoms with Gasteiger partial charge in [0.15, 0.2) is 0 Å². The number of nitrogens with zero attached hydrogens (tertiary/aromatic N) is 2. The molecular weight excluding hydrogens is 246 g/mol. The molecule has 0 amide bonds. The van der Waals surface area contributed by atoms with Gasteiger partial charge in [-0.3, -0.25) is 0 Å². The molecule has 0 saturated carbocycles. The molecule has 0 aromatic heterocycles. The lowest BCUT2D eigenvalue weighted by molar-refractivity contribution is 0.364. The monoisotopic (exact) mass is 273 g/mol. The summed E-state index contributed by atoms with van der Waals surface area (Å²) >= 11 is 0. The van der Waals surface area contributed by atoms with Gasteiger partial charge in [0.25, 0.3) is 0 Å². The summed E-state index contributed by atoms with van der Waals surface area (Å²) in [6, 6.07) is 0. The van der Waals surface area contributed by atoms with Gasteiger partial charge in [-0.1, -0.05) is 45.7 Å². The van der Waals surface area contributed by atoms with Crippen LogP contribution < -0.4 is 5.32 Å². The van der Waals surface area contributed by atoms with Crippen LogP contribution >= 0.6 is 0 Å². The van der Waals surface area contributed by atoms with Gasteiger partial charge in [0.2, 0.25) is 0 Å². The maximum atomic E-state index is 4.25. The summed E-state index contributed by atoms with van der Waals surface area (Å²) in [7, 11) is 0. The van der Waals surface area contributed by atoms with Crippen molar-refractivity contribution in [2.75, 3.05) is 13.1 Å². The van der Waals surface area contributed by atoms with Crippen LogP contribution in [0.1, 0.15) is 26.7 Å². The molecule has 0 aliphatic heterocycles. The van der Waals surface area contributed by atoms with Gasteiger partial charge in [-0.25, -0.2) is 4.99 Å². The largest absolute Gasteiger partial charge is 0.371 e. The summed E-state index contributed by atoms with van der Waals surface area (Å²) in [5.41, 5.74) is 1.92. The summed E-state index contributed by atoms with van der Waals surface area (Å²) < 4.78 is 0. The van der Waals surface area contributed by atoms with Gasteiger partial charge in [-0.2, -0.15) is 0 Å². The average molecular weight is 273 g/mol. The zero-order chi connectivity index (χ0) is 15.4. The first-order chi connectivity index (χ1) is 9.69. The fraction of sp³-hybridized carbons (Fsp3) is 0.353. The summed E-state index contributed by atoms with van der Waals surface area (Å²) in [4.78, 5) is 6.52. The van der Waals surface area contributed by atoms with Crippen LogP contribution in [0.15, 0.2) is 67.1 Å². The number of hydrogen-bond donors (Lipinski definition) is 1. The summed E-state index contributed by atoms with van der Waals surface area (Å²) in [5.74, 6) is 0.676. The van der Waals surface area contributed by atoms with Crippen molar-refractivity contribution in [3.63, 3.8) is 0 Å². The smallest absolute Gasteiger partial charge is 0.139 e. The van der Waals surface area contributed by atoms with Crippen molar-refractivity contribution in [1.29, 1.82) is 0 Å². The molecule has 0 atom stereocenters. The van der Waals surface area contributed by atoms with Crippen LogP contribution in [0.5, 0.6) is 0 Å². The van der Waals surface area contributed by atoms with E-state index >= 15 is 0 Å². The van der Waals surface area contributed by atoms with Crippen LogP contribution in [0, 0.1) is 0 Å². The van der Waals surface area contributed by atoms with Crippen LogP contribution in [0.3, 0.4) is 0 Å². The number of allylic oxidation sites excluding steroid dienone is 1. The van der Waals surface area contributed by atoms with Gasteiger partial charge in [-0.05, 0) is 25.6 Å². The molecule has 0 aliphatic rings. The number of unbranched alkanes of at least 4 members (excludes halogenated alkanes) is 1. The third kappa shape index (κ3) is 5.31. The molecule has 3 nitrogen and oxygen atoms in total. The zero-order valence-electron chi connectivity index (χ0n) is 12.9. The topological polar surface area (TPSA) is 27.6 Å². The van der Waals surface area contributed by atoms with Gasteiger partial charge in [0.1, 0.15) is 5.84 Å². The number of likely N-dealkylation sites (N-methyl/N-ethyl adjacent to an activating group) is 1. The highest BCUT2D eigenvalue weighted by molar-refractivity contribution is 6.02. The number of rotatable bonds is 10. The van der Waals surface area contributed by atoms with Gasteiger partial charge >= 0.3 is 0 Å². The first-order valence-electron chi connectivity index (χ1n) is 7.00. The van der Waals surface area contributed by atoms with E-state index in [1.807, 2.05) is 6.08 Å². The standard InChI is InChI=1S/C17H27N3/c1-7-13-14-20(12-6)16(9-3)15(8-2)17(18-10-4)19-11-5/h8-11H,2-5,7,12-14H2,1,6H3,(H,18,19)/b16-15+. The fourth-order valence-corrected chi connectivity index (χ4v) is 1.90. The molecule has 3 heteroatoms. The molecular formula is C17H27N3. The Morgan fingerprint density at radius 2 is 1.85 bits per heavy atom. The number of nitrogens with one attached hydrogen (secondary N) is 1. The molecule has 0 saturated heterocycles. The molecule has 0 radical (unpaired) electrons. The van der Waals surface area contributed by atoms with Crippen molar-refractivity contribution in [1.82, 2.24) is 10.2 Å². The zero-order valence-corrected chi connectivity index (χ0v) is 12.9. The summed E-state index contributed by atoms with van der Waals surface area (Å²) in [6.45, 7) is 21.3. The van der Waals surface area contributed by atoms with E-state index in [0.29, 0.717) is 5.84 Å². The molecule has 0 heterocycles. The van der Waals surface area contributed by atoms with Gasteiger partial charge < -0.3 is 10.2 Å². The van der Waals surface area contributed by atoms with Crippen LogP contribution in [-0.4, -0.2) is 23.8 Å². The van der Waals surface area contributed by atoms with Gasteiger partial charge in [-0.15, -0.1) is 0 Å². The minimum absolute atomic E-state index is 0.676. The number of amidine groups is 1. The first-order valence-corrected chi connectivity index (χ1v) is 7.00. The second-order valence-electron chi connectivity index (χ2n) is 4.15. The number of aliphatic imine (C=N–C) groups is 1. The minimum atomic E-state index is 0.676. The summed E-state index contributed by atoms with van der Waals surface area (Å²) in [5, 5.41) is 3.02. The van der Waals surface area contributed by atoms with Crippen LogP contribution in [0.4, 0.5) is 0 Å². The van der Waals surface area contributed by atoms with Crippen molar-refractivity contribution in [3.8, 4) is 0 Å². The van der Waals surface area contributed by atoms with E-state index in [9.17, 15) is 0 Å². The molecule has 1 N–H and O–H groups in total. The molecule has 0 unspecified atom stereocenters. The lowest BCUT2D eigenvalue weighted by Gasteiger charge is -2.26. The third-order valence-electron chi connectivity index (χ3n) is 2.89. The fourth-order valence-electron chi connectivity index (χ4n) is 1.90. The van der Waals surface area contributed by atoms with E-state index < -0.39 is 0 Å². The molecule has 0 aromatic rings. The van der Waals surface area contributed by atoms with Crippen molar-refractivity contribution in [2.24, 2.45) is 4.99 Å². The SMILES string of the molecule is C=CN=C(NC=C)/C(C=C)=C(\C=C)N(CC)CCCC. The molecule has 0 aromatic carbocycles. The Morgan fingerprint density at radius 3 is 2.25 bits per heavy atom. The Hall–Kier alpha value is -2.03. The van der Waals surface area contributed by atoms with Gasteiger partial charge in [0, 0.05) is 30.6 Å². The lowest BCUT2D eigenvalue weighted by Crippen LogP contribution is -2.28. The van der Waals surface area contributed by atoms with Crippen molar-refractivity contribution in [2.45, 2.75) is 26.7 Å². The second kappa shape index (κ2) is 10.9. The van der Waals surface area contributed by atoms with Crippen LogP contribution in [0.25, 0.3) is 0 Å². The molecule has 0 aliphatic carbocycles. The molecule has 0 bridgehead atoms. The minimum Gasteiger partial charge on any atom is -0.371 e. The molecule has 0 spiro atoms. The normalized spacial score (nSPS) is 12.2. The van der Waals surface area contributed by atoms with Gasteiger partial charge in [0.05, 0.1) is 0 Å². The highest BCUT2D eigenvalue weighted by Gasteiger charge is 2.12. The Kier molecular flexibility index (Phi) is 9.75. The Labute approximate surface area is 123 Å². The van der Waals surface area contributed by atoms with Crippen LogP contribution in [-0.2, 0) is 0 Å². The van der Waals surface area contributed by atoms with E-state index in [2.05, 4.69) is 55.4 Å².